The first-order valence-corrected chi connectivity index (χ1v) is 12.5. The number of halogens is 1. The van der Waals surface area contributed by atoms with E-state index in [1.807, 2.05) is 80.3 Å². The zero-order valence-corrected chi connectivity index (χ0v) is 22.3. The van der Waals surface area contributed by atoms with Gasteiger partial charge < -0.3 is 20.1 Å². The maximum Gasteiger partial charge on any atom is 0.236 e. The highest BCUT2D eigenvalue weighted by Crippen LogP contribution is 2.52. The molecule has 2 N–H and O–H groups in total. The van der Waals surface area contributed by atoms with E-state index in [0.29, 0.717) is 16.6 Å². The van der Waals surface area contributed by atoms with Crippen molar-refractivity contribution in [3.8, 4) is 11.5 Å². The van der Waals surface area contributed by atoms with Crippen molar-refractivity contribution in [1.29, 1.82) is 0 Å². The van der Waals surface area contributed by atoms with Gasteiger partial charge in [0.25, 0.3) is 0 Å². The number of aryl methyl sites for hydroxylation is 2. The number of carbonyl (C=O) groups is 1. The standard InChI is InChI=1S/C27H26BrN3O3S/c1-15-8-13-20(16(2)14-15)29-25(32)22-23-19-6-5-7-21(33-4)24(19)34-27(22,3)31(26(35)30-23)18-11-9-17(28)10-12-18/h5-14,22-23H,1-4H3,(H,29,32)(H,30,35)/t22-,23+,27+/m0/s1. The third-order valence-corrected chi connectivity index (χ3v) is 7.55. The Balaban J connectivity index is 1.64. The normalized spacial score (nSPS) is 22.5. The number of fused-ring (bicyclic) bond motifs is 4. The van der Waals surface area contributed by atoms with Gasteiger partial charge in [-0.25, -0.2) is 0 Å². The second-order valence-electron chi connectivity index (χ2n) is 9.06. The van der Waals surface area contributed by atoms with Gasteiger partial charge in [-0.15, -0.1) is 0 Å². The lowest BCUT2D eigenvalue weighted by atomic mass is 9.78. The SMILES string of the molecule is COc1cccc2c1O[C@]1(C)[C@H](C(=O)Nc3ccc(C)cc3C)[C@@H]2NC(=S)N1c1ccc(Br)cc1. The molecule has 1 amide bonds. The Morgan fingerprint density at radius 2 is 1.91 bits per heavy atom. The van der Waals surface area contributed by atoms with Gasteiger partial charge in [0.05, 0.1) is 13.2 Å². The fourth-order valence-corrected chi connectivity index (χ4v) is 5.75. The van der Waals surface area contributed by atoms with Crippen molar-refractivity contribution >= 4 is 50.5 Å². The zero-order valence-electron chi connectivity index (χ0n) is 19.9. The number of carbonyl (C=O) groups excluding carboxylic acids is 1. The summed E-state index contributed by atoms with van der Waals surface area (Å²) in [7, 11) is 1.61. The molecular weight excluding hydrogens is 526 g/mol. The lowest BCUT2D eigenvalue weighted by Gasteiger charge is -2.56. The van der Waals surface area contributed by atoms with Crippen LogP contribution in [0.25, 0.3) is 0 Å². The van der Waals surface area contributed by atoms with E-state index in [0.717, 1.165) is 32.5 Å². The topological polar surface area (TPSA) is 62.8 Å². The summed E-state index contributed by atoms with van der Waals surface area (Å²) in [6, 6.07) is 19.1. The molecule has 1 saturated heterocycles. The average Bonchev–Trinajstić information content (AvgIpc) is 2.81. The molecule has 6 nitrogen and oxygen atoms in total. The van der Waals surface area contributed by atoms with Gasteiger partial charge in [-0.1, -0.05) is 45.8 Å². The molecule has 3 aromatic carbocycles. The molecule has 0 aromatic heterocycles. The van der Waals surface area contributed by atoms with E-state index in [1.165, 1.54) is 0 Å². The minimum absolute atomic E-state index is 0.157. The fraction of sp³-hybridized carbons (Fsp3) is 0.259. The largest absolute Gasteiger partial charge is 0.493 e. The van der Waals surface area contributed by atoms with Crippen molar-refractivity contribution in [2.75, 3.05) is 17.3 Å². The van der Waals surface area contributed by atoms with E-state index < -0.39 is 17.7 Å². The lowest BCUT2D eigenvalue weighted by molar-refractivity contribution is -0.130. The summed E-state index contributed by atoms with van der Waals surface area (Å²) in [5, 5.41) is 7.07. The van der Waals surface area contributed by atoms with Crippen molar-refractivity contribution < 1.29 is 14.3 Å². The number of nitrogens with zero attached hydrogens (tertiary/aromatic N) is 1. The van der Waals surface area contributed by atoms with Crippen LogP contribution >= 0.6 is 28.1 Å². The molecule has 8 heteroatoms. The molecule has 2 heterocycles. The molecule has 2 aliphatic rings. The zero-order chi connectivity index (χ0) is 24.9. The Bertz CT molecular complexity index is 1330. The number of para-hydroxylation sites is 1. The molecule has 5 rings (SSSR count). The third-order valence-electron chi connectivity index (χ3n) is 6.72. The molecule has 3 aromatic rings. The molecule has 3 atom stereocenters. The van der Waals surface area contributed by atoms with Crippen LogP contribution in [0.4, 0.5) is 11.4 Å². The minimum atomic E-state index is -1.12. The van der Waals surface area contributed by atoms with Crippen LogP contribution in [-0.4, -0.2) is 23.9 Å². The second-order valence-corrected chi connectivity index (χ2v) is 10.4. The van der Waals surface area contributed by atoms with Crippen LogP contribution in [0.5, 0.6) is 11.5 Å². The summed E-state index contributed by atoms with van der Waals surface area (Å²) in [5.74, 6) is 0.431. The van der Waals surface area contributed by atoms with Gasteiger partial charge in [-0.2, -0.15) is 0 Å². The Kier molecular flexibility index (Phi) is 5.97. The first-order chi connectivity index (χ1) is 16.7. The number of rotatable bonds is 4. The highest BCUT2D eigenvalue weighted by molar-refractivity contribution is 9.10. The van der Waals surface area contributed by atoms with E-state index in [4.69, 9.17) is 21.7 Å². The average molecular weight is 552 g/mol. The number of thiocarbonyl (C=S) groups is 1. The van der Waals surface area contributed by atoms with E-state index in [2.05, 4.69) is 32.6 Å². The minimum Gasteiger partial charge on any atom is -0.493 e. The Labute approximate surface area is 218 Å². The summed E-state index contributed by atoms with van der Waals surface area (Å²) in [6.45, 7) is 5.94. The molecule has 180 valence electrons. The van der Waals surface area contributed by atoms with E-state index in [1.54, 1.807) is 7.11 Å². The number of ether oxygens (including phenoxy) is 2. The highest BCUT2D eigenvalue weighted by atomic mass is 79.9. The van der Waals surface area contributed by atoms with Gasteiger partial charge in [0.15, 0.2) is 22.3 Å². The first-order valence-electron chi connectivity index (χ1n) is 11.3. The third kappa shape index (κ3) is 3.94. The van der Waals surface area contributed by atoms with Crippen LogP contribution < -0.4 is 25.0 Å². The van der Waals surface area contributed by atoms with E-state index in [9.17, 15) is 4.79 Å². The Hall–Kier alpha value is -3.10. The van der Waals surface area contributed by atoms with Crippen LogP contribution in [0.1, 0.15) is 29.7 Å². The van der Waals surface area contributed by atoms with E-state index in [-0.39, 0.29) is 5.91 Å². The smallest absolute Gasteiger partial charge is 0.236 e. The molecule has 2 bridgehead atoms. The summed E-state index contributed by atoms with van der Waals surface area (Å²) >= 11 is 9.32. The van der Waals surface area contributed by atoms with Crippen molar-refractivity contribution in [1.82, 2.24) is 5.32 Å². The van der Waals surface area contributed by atoms with Gasteiger partial charge in [-0.05, 0) is 75.0 Å². The molecule has 1 fully saturated rings. The molecule has 0 aliphatic carbocycles. The van der Waals surface area contributed by atoms with Crippen LogP contribution in [0.3, 0.4) is 0 Å². The molecule has 0 saturated carbocycles. The van der Waals surface area contributed by atoms with Gasteiger partial charge >= 0.3 is 0 Å². The number of benzene rings is 3. The Morgan fingerprint density at radius 1 is 1.17 bits per heavy atom. The van der Waals surface area contributed by atoms with E-state index >= 15 is 0 Å². The van der Waals surface area contributed by atoms with Gasteiger partial charge in [0.1, 0.15) is 5.92 Å². The van der Waals surface area contributed by atoms with Crippen LogP contribution in [-0.2, 0) is 4.79 Å². The highest BCUT2D eigenvalue weighted by Gasteiger charge is 2.59. The number of hydrogen-bond donors (Lipinski definition) is 2. The number of methoxy groups -OCH3 is 1. The van der Waals surface area contributed by atoms with Crippen LogP contribution in [0.2, 0.25) is 0 Å². The molecule has 35 heavy (non-hydrogen) atoms. The lowest BCUT2D eigenvalue weighted by Crippen LogP contribution is -2.72. The number of hydrogen-bond acceptors (Lipinski definition) is 4. The van der Waals surface area contributed by atoms with Gasteiger partial charge in [0, 0.05) is 21.4 Å². The van der Waals surface area contributed by atoms with Crippen molar-refractivity contribution in [2.45, 2.75) is 32.5 Å². The molecule has 0 spiro atoms. The van der Waals surface area contributed by atoms with Crippen LogP contribution in [0, 0.1) is 19.8 Å². The maximum atomic E-state index is 14.0. The molecule has 2 aliphatic heterocycles. The quantitative estimate of drug-likeness (QED) is 0.395. The monoisotopic (exact) mass is 551 g/mol. The van der Waals surface area contributed by atoms with Crippen molar-refractivity contribution in [3.05, 3.63) is 81.8 Å². The van der Waals surface area contributed by atoms with Crippen LogP contribution in [0.15, 0.2) is 65.1 Å². The van der Waals surface area contributed by atoms with Gasteiger partial charge in [0.2, 0.25) is 5.91 Å². The predicted molar refractivity (Wildman–Crippen MR) is 145 cm³/mol. The number of amides is 1. The summed E-state index contributed by atoms with van der Waals surface area (Å²) in [4.78, 5) is 15.9. The summed E-state index contributed by atoms with van der Waals surface area (Å²) in [6.07, 6.45) is 0. The first kappa shape index (κ1) is 23.6. The summed E-state index contributed by atoms with van der Waals surface area (Å²) in [5.41, 5.74) is 3.44. The van der Waals surface area contributed by atoms with Gasteiger partial charge in [-0.3, -0.25) is 9.69 Å². The number of anilines is 2. The fourth-order valence-electron chi connectivity index (χ4n) is 5.07. The van der Waals surface area contributed by atoms with Crippen molar-refractivity contribution in [3.63, 3.8) is 0 Å². The summed E-state index contributed by atoms with van der Waals surface area (Å²) < 4.78 is 13.3. The predicted octanol–water partition coefficient (Wildman–Crippen LogP) is 5.87. The second kappa shape index (κ2) is 8.84. The van der Waals surface area contributed by atoms with Crippen molar-refractivity contribution in [2.24, 2.45) is 5.92 Å². The molecular formula is C27H26BrN3O3S. The maximum absolute atomic E-state index is 14.0. The number of nitrogens with one attached hydrogen (secondary N) is 2. The Morgan fingerprint density at radius 3 is 2.60 bits per heavy atom. The molecule has 0 radical (unpaired) electrons. The molecule has 0 unspecified atom stereocenters.